The molecular weight excluding hydrogens is 374 g/mol. The third kappa shape index (κ3) is 4.35. The van der Waals surface area contributed by atoms with Gasteiger partial charge in [-0.05, 0) is 35.9 Å². The highest BCUT2D eigenvalue weighted by Crippen LogP contribution is 2.23. The second kappa shape index (κ2) is 8.81. The predicted molar refractivity (Wildman–Crippen MR) is 105 cm³/mol. The Bertz CT molecular complexity index is 865. The number of nitrogens with two attached hydrogens (primary N) is 1. The van der Waals surface area contributed by atoms with E-state index >= 15 is 0 Å². The average molecular weight is 398 g/mol. The van der Waals surface area contributed by atoms with Gasteiger partial charge in [-0.1, -0.05) is 30.3 Å². The van der Waals surface area contributed by atoms with Gasteiger partial charge in [0, 0.05) is 32.6 Å². The summed E-state index contributed by atoms with van der Waals surface area (Å²) in [4.78, 5) is 14.1. The summed E-state index contributed by atoms with van der Waals surface area (Å²) in [6.07, 6.45) is 1.09. The lowest BCUT2D eigenvalue weighted by Crippen LogP contribution is -2.50. The lowest BCUT2D eigenvalue weighted by Gasteiger charge is -2.34. The van der Waals surface area contributed by atoms with Crippen molar-refractivity contribution >= 4 is 39.1 Å². The second-order valence-electron chi connectivity index (χ2n) is 6.19. The molecule has 0 aromatic heterocycles. The van der Waals surface area contributed by atoms with Crippen molar-refractivity contribution in [2.75, 3.05) is 32.7 Å². The van der Waals surface area contributed by atoms with Crippen molar-refractivity contribution in [1.29, 1.82) is 0 Å². The number of halogens is 1. The summed E-state index contributed by atoms with van der Waals surface area (Å²) in [6, 6.07) is 12.9. The monoisotopic (exact) mass is 397 g/mol. The van der Waals surface area contributed by atoms with Gasteiger partial charge >= 0.3 is 0 Å². The van der Waals surface area contributed by atoms with Gasteiger partial charge in [-0.25, -0.2) is 8.42 Å². The molecule has 2 aromatic carbocycles. The van der Waals surface area contributed by atoms with E-state index in [4.69, 9.17) is 5.73 Å². The number of carbonyl (C=O) groups is 1. The molecule has 0 aliphatic carbocycles. The molecule has 1 aliphatic rings. The van der Waals surface area contributed by atoms with Gasteiger partial charge in [0.2, 0.25) is 15.9 Å². The van der Waals surface area contributed by atoms with E-state index in [1.807, 2.05) is 30.3 Å². The van der Waals surface area contributed by atoms with E-state index < -0.39 is 10.0 Å². The molecular formula is C18H24ClN3O3S. The first-order valence-corrected chi connectivity index (χ1v) is 9.93. The van der Waals surface area contributed by atoms with Gasteiger partial charge in [-0.15, -0.1) is 12.4 Å². The molecule has 26 heavy (non-hydrogen) atoms. The van der Waals surface area contributed by atoms with Crippen LogP contribution in [-0.4, -0.2) is 56.3 Å². The zero-order valence-corrected chi connectivity index (χ0v) is 16.1. The number of sulfonamides is 1. The van der Waals surface area contributed by atoms with Crippen LogP contribution in [0.25, 0.3) is 10.8 Å². The van der Waals surface area contributed by atoms with Crippen LogP contribution in [-0.2, 0) is 14.8 Å². The Balaban J connectivity index is 0.00000243. The highest BCUT2D eigenvalue weighted by Gasteiger charge is 2.29. The van der Waals surface area contributed by atoms with Crippen LogP contribution in [0, 0.1) is 0 Å². The van der Waals surface area contributed by atoms with Crippen molar-refractivity contribution in [3.05, 3.63) is 42.5 Å². The van der Waals surface area contributed by atoms with E-state index in [2.05, 4.69) is 0 Å². The van der Waals surface area contributed by atoms with E-state index in [0.717, 1.165) is 10.8 Å². The highest BCUT2D eigenvalue weighted by atomic mass is 35.5. The third-order valence-electron chi connectivity index (χ3n) is 4.54. The van der Waals surface area contributed by atoms with E-state index in [9.17, 15) is 13.2 Å². The molecule has 8 heteroatoms. The molecule has 1 amide bonds. The van der Waals surface area contributed by atoms with E-state index in [1.165, 1.54) is 4.31 Å². The number of fused-ring (bicyclic) bond motifs is 1. The maximum Gasteiger partial charge on any atom is 0.243 e. The second-order valence-corrected chi connectivity index (χ2v) is 8.12. The number of amides is 1. The number of rotatable bonds is 5. The first-order valence-electron chi connectivity index (χ1n) is 8.49. The van der Waals surface area contributed by atoms with E-state index in [1.54, 1.807) is 17.0 Å². The van der Waals surface area contributed by atoms with Gasteiger partial charge in [0.25, 0.3) is 0 Å². The van der Waals surface area contributed by atoms with Gasteiger partial charge in [-0.3, -0.25) is 4.79 Å². The SMILES string of the molecule is Cl.NCCCC(=O)N1CCN(S(=O)(=O)c2ccc3ccccc3c2)CC1. The van der Waals surface area contributed by atoms with E-state index in [-0.39, 0.29) is 18.3 Å². The first-order chi connectivity index (χ1) is 12.0. The number of piperazine rings is 1. The molecule has 0 bridgehead atoms. The Morgan fingerprint density at radius 2 is 1.65 bits per heavy atom. The van der Waals surface area contributed by atoms with Crippen molar-refractivity contribution in [2.24, 2.45) is 5.73 Å². The van der Waals surface area contributed by atoms with Crippen LogP contribution in [0.1, 0.15) is 12.8 Å². The zero-order chi connectivity index (χ0) is 17.9. The fourth-order valence-corrected chi connectivity index (χ4v) is 4.52. The summed E-state index contributed by atoms with van der Waals surface area (Å²) in [7, 11) is -3.54. The number of hydrogen-bond acceptors (Lipinski definition) is 4. The van der Waals surface area contributed by atoms with Crippen molar-refractivity contribution < 1.29 is 13.2 Å². The predicted octanol–water partition coefficient (Wildman–Crippen LogP) is 1.83. The minimum Gasteiger partial charge on any atom is -0.340 e. The van der Waals surface area contributed by atoms with Crippen molar-refractivity contribution in [1.82, 2.24) is 9.21 Å². The number of nitrogens with zero attached hydrogens (tertiary/aromatic N) is 2. The standard InChI is InChI=1S/C18H23N3O3S.ClH/c19-9-3-6-18(22)20-10-12-21(13-11-20)25(23,24)17-8-7-15-4-1-2-5-16(15)14-17;/h1-2,4-5,7-8,14H,3,6,9-13,19H2;1H. The van der Waals surface area contributed by atoms with Crippen molar-refractivity contribution in [3.63, 3.8) is 0 Å². The topological polar surface area (TPSA) is 83.7 Å². The Kier molecular flexibility index (Phi) is 7.00. The maximum absolute atomic E-state index is 12.9. The maximum atomic E-state index is 12.9. The minimum absolute atomic E-state index is 0. The molecule has 0 saturated carbocycles. The number of carbonyl (C=O) groups excluding carboxylic acids is 1. The zero-order valence-electron chi connectivity index (χ0n) is 14.5. The van der Waals surface area contributed by atoms with Gasteiger partial charge in [-0.2, -0.15) is 4.31 Å². The summed E-state index contributed by atoms with van der Waals surface area (Å²) in [5, 5.41) is 1.91. The molecule has 1 aliphatic heterocycles. The summed E-state index contributed by atoms with van der Waals surface area (Å²) in [5.41, 5.74) is 5.43. The van der Waals surface area contributed by atoms with Gasteiger partial charge in [0.15, 0.2) is 0 Å². The summed E-state index contributed by atoms with van der Waals surface area (Å²) in [6.45, 7) is 1.99. The minimum atomic E-state index is -3.54. The van der Waals surface area contributed by atoms with Gasteiger partial charge in [0.1, 0.15) is 0 Å². The Morgan fingerprint density at radius 3 is 2.31 bits per heavy atom. The molecule has 0 unspecified atom stereocenters. The molecule has 3 rings (SSSR count). The van der Waals surface area contributed by atoms with Crippen LogP contribution >= 0.6 is 12.4 Å². The number of hydrogen-bond donors (Lipinski definition) is 1. The smallest absolute Gasteiger partial charge is 0.243 e. The lowest BCUT2D eigenvalue weighted by atomic mass is 10.1. The molecule has 2 aromatic rings. The lowest BCUT2D eigenvalue weighted by molar-refractivity contribution is -0.132. The molecule has 1 fully saturated rings. The fraction of sp³-hybridized carbons (Fsp3) is 0.389. The van der Waals surface area contributed by atoms with Crippen LogP contribution in [0.2, 0.25) is 0 Å². The molecule has 0 radical (unpaired) electrons. The first kappa shape index (κ1) is 20.6. The Morgan fingerprint density at radius 1 is 1.00 bits per heavy atom. The number of benzene rings is 2. The molecule has 6 nitrogen and oxygen atoms in total. The summed E-state index contributed by atoms with van der Waals surface area (Å²) in [5.74, 6) is 0.0493. The third-order valence-corrected chi connectivity index (χ3v) is 6.44. The van der Waals surface area contributed by atoms with Gasteiger partial charge in [0.05, 0.1) is 4.90 Å². The van der Waals surface area contributed by atoms with Gasteiger partial charge < -0.3 is 10.6 Å². The molecule has 142 valence electrons. The quantitative estimate of drug-likeness (QED) is 0.834. The van der Waals surface area contributed by atoms with Crippen LogP contribution in [0.4, 0.5) is 0 Å². The van der Waals surface area contributed by atoms with Crippen LogP contribution < -0.4 is 5.73 Å². The van der Waals surface area contributed by atoms with Crippen molar-refractivity contribution in [3.8, 4) is 0 Å². The summed E-state index contributed by atoms with van der Waals surface area (Å²) < 4.78 is 27.2. The average Bonchev–Trinajstić information content (AvgIpc) is 2.65. The Labute approximate surface area is 160 Å². The normalized spacial score (nSPS) is 15.7. The molecule has 1 heterocycles. The Hall–Kier alpha value is -1.67. The fourth-order valence-electron chi connectivity index (χ4n) is 3.07. The summed E-state index contributed by atoms with van der Waals surface area (Å²) >= 11 is 0. The molecule has 0 spiro atoms. The molecule has 2 N–H and O–H groups in total. The largest absolute Gasteiger partial charge is 0.340 e. The highest BCUT2D eigenvalue weighted by molar-refractivity contribution is 7.89. The van der Waals surface area contributed by atoms with Crippen LogP contribution in [0.15, 0.2) is 47.4 Å². The van der Waals surface area contributed by atoms with E-state index in [0.29, 0.717) is 50.5 Å². The molecule has 1 saturated heterocycles. The molecule has 0 atom stereocenters. The van der Waals surface area contributed by atoms with Crippen LogP contribution in [0.5, 0.6) is 0 Å². The van der Waals surface area contributed by atoms with Crippen molar-refractivity contribution in [2.45, 2.75) is 17.7 Å². The van der Waals surface area contributed by atoms with Crippen LogP contribution in [0.3, 0.4) is 0 Å².